The molecular weight excluding hydrogens is 242 g/mol. The van der Waals surface area contributed by atoms with Crippen LogP contribution in [0.3, 0.4) is 0 Å². The third kappa shape index (κ3) is 2.38. The number of hydrogen-bond donors (Lipinski definition) is 0. The molecule has 1 fully saturated rings. The monoisotopic (exact) mass is 261 g/mol. The summed E-state index contributed by atoms with van der Waals surface area (Å²) in [5.41, 5.74) is 2.87. The van der Waals surface area contributed by atoms with Crippen LogP contribution >= 0.6 is 0 Å². The second kappa shape index (κ2) is 5.31. The number of nitrogens with zero attached hydrogens (tertiary/aromatic N) is 1. The molecule has 1 aromatic rings. The predicted octanol–water partition coefficient (Wildman–Crippen LogP) is 1.20. The molecule has 102 valence electrons. The van der Waals surface area contributed by atoms with Gasteiger partial charge in [0.05, 0.1) is 20.3 Å². The normalized spacial score (nSPS) is 26.4. The van der Waals surface area contributed by atoms with Gasteiger partial charge in [-0.1, -0.05) is 24.3 Å². The molecule has 1 aliphatic heterocycles. The molecule has 3 rings (SSSR count). The number of carbonyl (C=O) groups excluding carboxylic acids is 1. The summed E-state index contributed by atoms with van der Waals surface area (Å²) in [6.07, 6.45) is 1.11. The molecule has 19 heavy (non-hydrogen) atoms. The Kier molecular flexibility index (Phi) is 3.53. The van der Waals surface area contributed by atoms with Crippen LogP contribution in [0.4, 0.5) is 0 Å². The second-order valence-electron chi connectivity index (χ2n) is 5.21. The molecule has 1 saturated heterocycles. The van der Waals surface area contributed by atoms with Crippen LogP contribution in [0.1, 0.15) is 17.0 Å². The summed E-state index contributed by atoms with van der Waals surface area (Å²) < 4.78 is 10.3. The van der Waals surface area contributed by atoms with Gasteiger partial charge >= 0.3 is 5.97 Å². The molecule has 0 N–H and O–H groups in total. The lowest BCUT2D eigenvalue weighted by Gasteiger charge is -2.39. The van der Waals surface area contributed by atoms with Gasteiger partial charge in [-0.25, -0.2) is 0 Å². The first kappa shape index (κ1) is 12.6. The lowest BCUT2D eigenvalue weighted by atomic mass is 9.77. The average Bonchev–Trinajstić information content (AvgIpc) is 2.44. The lowest BCUT2D eigenvalue weighted by molar-refractivity contribution is -0.153. The van der Waals surface area contributed by atoms with E-state index in [0.29, 0.717) is 19.1 Å². The highest BCUT2D eigenvalue weighted by atomic mass is 16.5. The molecule has 4 heteroatoms. The van der Waals surface area contributed by atoms with E-state index in [4.69, 9.17) is 9.47 Å². The molecule has 0 radical (unpaired) electrons. The highest BCUT2D eigenvalue weighted by Gasteiger charge is 2.34. The van der Waals surface area contributed by atoms with Crippen LogP contribution < -0.4 is 0 Å². The highest BCUT2D eigenvalue weighted by Crippen LogP contribution is 2.35. The maximum absolute atomic E-state index is 11.8. The minimum absolute atomic E-state index is 0.188. The van der Waals surface area contributed by atoms with E-state index in [1.54, 1.807) is 0 Å². The van der Waals surface area contributed by atoms with Crippen molar-refractivity contribution < 1.29 is 14.3 Å². The summed E-state index contributed by atoms with van der Waals surface area (Å²) in [4.78, 5) is 14.0. The number of carbonyl (C=O) groups is 1. The summed E-state index contributed by atoms with van der Waals surface area (Å²) >= 11 is 0. The standard InChI is InChI=1S/C15H19NO3/c1-18-15(17)14-10-19-7-6-16(14)9-12-8-11-4-2-3-5-13(11)12/h2-5,12,14H,6-10H2,1H3. The Hall–Kier alpha value is -1.39. The number of fused-ring (bicyclic) bond motifs is 1. The van der Waals surface area contributed by atoms with E-state index >= 15 is 0 Å². The number of esters is 1. The van der Waals surface area contributed by atoms with Crippen molar-refractivity contribution in [3.63, 3.8) is 0 Å². The molecule has 0 aromatic heterocycles. The van der Waals surface area contributed by atoms with Crippen molar-refractivity contribution in [1.82, 2.24) is 4.90 Å². The van der Waals surface area contributed by atoms with Gasteiger partial charge in [-0.3, -0.25) is 9.69 Å². The molecule has 2 atom stereocenters. The van der Waals surface area contributed by atoms with Gasteiger partial charge in [0.25, 0.3) is 0 Å². The maximum Gasteiger partial charge on any atom is 0.325 e. The van der Waals surface area contributed by atoms with Crippen LogP contribution in [-0.4, -0.2) is 50.3 Å². The van der Waals surface area contributed by atoms with E-state index in [1.165, 1.54) is 18.2 Å². The van der Waals surface area contributed by atoms with Crippen LogP contribution in [0.15, 0.2) is 24.3 Å². The van der Waals surface area contributed by atoms with Crippen molar-refractivity contribution >= 4 is 5.97 Å². The summed E-state index contributed by atoms with van der Waals surface area (Å²) in [5.74, 6) is 0.355. The van der Waals surface area contributed by atoms with Crippen molar-refractivity contribution in [2.24, 2.45) is 0 Å². The number of methoxy groups -OCH3 is 1. The van der Waals surface area contributed by atoms with Gasteiger partial charge in [0.2, 0.25) is 0 Å². The van der Waals surface area contributed by atoms with Gasteiger partial charge in [-0.15, -0.1) is 0 Å². The van der Waals surface area contributed by atoms with Gasteiger partial charge in [0.1, 0.15) is 6.04 Å². The topological polar surface area (TPSA) is 38.8 Å². The molecule has 2 aliphatic rings. The zero-order valence-electron chi connectivity index (χ0n) is 11.2. The Morgan fingerprint density at radius 1 is 1.47 bits per heavy atom. The highest BCUT2D eigenvalue weighted by molar-refractivity contribution is 5.76. The molecule has 0 spiro atoms. The first-order valence-corrected chi connectivity index (χ1v) is 6.77. The van der Waals surface area contributed by atoms with Crippen molar-refractivity contribution in [2.45, 2.75) is 18.4 Å². The van der Waals surface area contributed by atoms with E-state index in [9.17, 15) is 4.79 Å². The Morgan fingerprint density at radius 2 is 2.32 bits per heavy atom. The molecule has 0 saturated carbocycles. The van der Waals surface area contributed by atoms with Crippen molar-refractivity contribution in [3.05, 3.63) is 35.4 Å². The minimum atomic E-state index is -0.244. The molecule has 1 aliphatic carbocycles. The van der Waals surface area contributed by atoms with Crippen molar-refractivity contribution in [3.8, 4) is 0 Å². The minimum Gasteiger partial charge on any atom is -0.468 e. The van der Waals surface area contributed by atoms with E-state index in [1.807, 2.05) is 0 Å². The fourth-order valence-electron chi connectivity index (χ4n) is 3.02. The number of ether oxygens (including phenoxy) is 2. The molecule has 1 heterocycles. The Labute approximate surface area is 113 Å². The van der Waals surface area contributed by atoms with Crippen molar-refractivity contribution in [2.75, 3.05) is 33.4 Å². The fourth-order valence-corrected chi connectivity index (χ4v) is 3.02. The Morgan fingerprint density at radius 3 is 3.11 bits per heavy atom. The van der Waals surface area contributed by atoms with Gasteiger partial charge in [-0.05, 0) is 17.5 Å². The van der Waals surface area contributed by atoms with E-state index in [0.717, 1.165) is 19.5 Å². The summed E-state index contributed by atoms with van der Waals surface area (Å²) in [5, 5.41) is 0. The summed E-state index contributed by atoms with van der Waals surface area (Å²) in [6.45, 7) is 2.86. The van der Waals surface area contributed by atoms with E-state index in [-0.39, 0.29) is 12.0 Å². The molecular formula is C15H19NO3. The van der Waals surface area contributed by atoms with Gasteiger partial charge < -0.3 is 9.47 Å². The van der Waals surface area contributed by atoms with Crippen LogP contribution in [0.25, 0.3) is 0 Å². The molecule has 2 unspecified atom stereocenters. The second-order valence-corrected chi connectivity index (χ2v) is 5.21. The summed E-state index contributed by atoms with van der Waals surface area (Å²) in [6, 6.07) is 8.30. The average molecular weight is 261 g/mol. The molecule has 0 bridgehead atoms. The van der Waals surface area contributed by atoms with Gasteiger partial charge in [-0.2, -0.15) is 0 Å². The molecule has 0 amide bonds. The first-order valence-electron chi connectivity index (χ1n) is 6.77. The lowest BCUT2D eigenvalue weighted by Crippen LogP contribution is -2.52. The Bertz CT molecular complexity index is 474. The third-order valence-electron chi connectivity index (χ3n) is 4.13. The van der Waals surface area contributed by atoms with Crippen LogP contribution in [-0.2, 0) is 20.7 Å². The van der Waals surface area contributed by atoms with Crippen LogP contribution in [0.5, 0.6) is 0 Å². The summed E-state index contributed by atoms with van der Waals surface area (Å²) in [7, 11) is 1.44. The largest absolute Gasteiger partial charge is 0.468 e. The first-order chi connectivity index (χ1) is 9.29. The Balaban J connectivity index is 1.67. The van der Waals surface area contributed by atoms with Crippen LogP contribution in [0, 0.1) is 0 Å². The van der Waals surface area contributed by atoms with E-state index in [2.05, 4.69) is 29.2 Å². The number of rotatable bonds is 3. The quantitative estimate of drug-likeness (QED) is 0.766. The van der Waals surface area contributed by atoms with Crippen LogP contribution in [0.2, 0.25) is 0 Å². The van der Waals surface area contributed by atoms with Gasteiger partial charge in [0, 0.05) is 19.0 Å². The number of morpholine rings is 1. The number of benzene rings is 1. The predicted molar refractivity (Wildman–Crippen MR) is 71.1 cm³/mol. The van der Waals surface area contributed by atoms with Crippen molar-refractivity contribution in [1.29, 1.82) is 0 Å². The molecule has 4 nitrogen and oxygen atoms in total. The number of hydrogen-bond acceptors (Lipinski definition) is 4. The zero-order valence-corrected chi connectivity index (χ0v) is 11.2. The van der Waals surface area contributed by atoms with E-state index < -0.39 is 0 Å². The maximum atomic E-state index is 11.8. The smallest absolute Gasteiger partial charge is 0.325 e. The third-order valence-corrected chi connectivity index (χ3v) is 4.13. The SMILES string of the molecule is COC(=O)C1COCCN1CC1Cc2ccccc21. The zero-order chi connectivity index (χ0) is 13.2. The van der Waals surface area contributed by atoms with Gasteiger partial charge in [0.15, 0.2) is 0 Å². The molecule has 1 aromatic carbocycles. The fraction of sp³-hybridized carbons (Fsp3) is 0.533.